The second-order valence-electron chi connectivity index (χ2n) is 5.86. The first-order valence-electron chi connectivity index (χ1n) is 8.03. The van der Waals surface area contributed by atoms with Crippen molar-refractivity contribution in [2.45, 2.75) is 6.10 Å². The normalized spacial score (nSPS) is 17.1. The lowest BCUT2D eigenvalue weighted by Crippen LogP contribution is -2.33. The fourth-order valence-electron chi connectivity index (χ4n) is 2.92. The standard InChI is InChI=1S/C19H18ClN3O.ClH/c20-16-3-1-2-15(10-16)18-11-17(22-23-18)13-4-6-14(7-5-13)19-12-21-8-9-24-19;/h1-7,10-11,19,21H,8-9,12H2,(H,22,23);1H/t19-;/m1./s1. The largest absolute Gasteiger partial charge is 0.371 e. The summed E-state index contributed by atoms with van der Waals surface area (Å²) in [6.07, 6.45) is 0.136. The summed E-state index contributed by atoms with van der Waals surface area (Å²) in [5.41, 5.74) is 5.17. The van der Waals surface area contributed by atoms with Crippen LogP contribution in [0.2, 0.25) is 5.02 Å². The number of benzene rings is 2. The Morgan fingerprint density at radius 1 is 1.04 bits per heavy atom. The van der Waals surface area contributed by atoms with Crippen molar-refractivity contribution < 1.29 is 4.74 Å². The highest BCUT2D eigenvalue weighted by Crippen LogP contribution is 2.27. The Bertz CT molecular complexity index is 827. The summed E-state index contributed by atoms with van der Waals surface area (Å²) in [4.78, 5) is 0. The van der Waals surface area contributed by atoms with Crippen LogP contribution >= 0.6 is 24.0 Å². The van der Waals surface area contributed by atoms with Crippen LogP contribution in [-0.2, 0) is 4.74 Å². The molecule has 1 fully saturated rings. The molecule has 1 atom stereocenters. The van der Waals surface area contributed by atoms with E-state index >= 15 is 0 Å². The third-order valence-electron chi connectivity index (χ3n) is 4.22. The number of morpholine rings is 1. The van der Waals surface area contributed by atoms with E-state index in [0.29, 0.717) is 5.02 Å². The van der Waals surface area contributed by atoms with Crippen molar-refractivity contribution in [1.82, 2.24) is 15.5 Å². The number of nitrogens with one attached hydrogen (secondary N) is 2. The molecular weight excluding hydrogens is 357 g/mol. The van der Waals surface area contributed by atoms with Crippen molar-refractivity contribution in [2.24, 2.45) is 0 Å². The van der Waals surface area contributed by atoms with E-state index in [1.165, 1.54) is 5.56 Å². The molecule has 0 radical (unpaired) electrons. The molecule has 2 aromatic carbocycles. The van der Waals surface area contributed by atoms with Crippen LogP contribution in [0.25, 0.3) is 22.5 Å². The van der Waals surface area contributed by atoms with Gasteiger partial charge in [-0.3, -0.25) is 5.10 Å². The van der Waals surface area contributed by atoms with Gasteiger partial charge in [0.2, 0.25) is 0 Å². The number of hydrogen-bond acceptors (Lipinski definition) is 3. The molecule has 1 aliphatic rings. The predicted octanol–water partition coefficient (Wildman–Crippen LogP) is 4.48. The molecule has 0 amide bonds. The smallest absolute Gasteiger partial charge is 0.0949 e. The van der Waals surface area contributed by atoms with Gasteiger partial charge in [-0.05, 0) is 29.3 Å². The molecule has 2 N–H and O–H groups in total. The van der Waals surface area contributed by atoms with E-state index in [4.69, 9.17) is 16.3 Å². The van der Waals surface area contributed by atoms with Crippen molar-refractivity contribution >= 4 is 24.0 Å². The summed E-state index contributed by atoms with van der Waals surface area (Å²) in [5, 5.41) is 11.6. The van der Waals surface area contributed by atoms with Crippen LogP contribution in [0.3, 0.4) is 0 Å². The van der Waals surface area contributed by atoms with Crippen molar-refractivity contribution in [3.05, 3.63) is 65.2 Å². The number of halogens is 2. The number of H-pyrrole nitrogens is 1. The molecule has 1 saturated heterocycles. The molecule has 4 nitrogen and oxygen atoms in total. The highest BCUT2D eigenvalue weighted by atomic mass is 35.5. The molecule has 0 unspecified atom stereocenters. The number of hydrogen-bond donors (Lipinski definition) is 2. The Balaban J connectivity index is 0.00000182. The van der Waals surface area contributed by atoms with Crippen LogP contribution in [0, 0.1) is 0 Å². The van der Waals surface area contributed by atoms with E-state index in [9.17, 15) is 0 Å². The maximum atomic E-state index is 6.05. The van der Waals surface area contributed by atoms with E-state index < -0.39 is 0 Å². The zero-order chi connectivity index (χ0) is 16.4. The summed E-state index contributed by atoms with van der Waals surface area (Å²) in [6, 6.07) is 18.2. The first-order chi connectivity index (χ1) is 11.8. The fraction of sp³-hybridized carbons (Fsp3) is 0.211. The van der Waals surface area contributed by atoms with Gasteiger partial charge in [0.15, 0.2) is 0 Å². The predicted molar refractivity (Wildman–Crippen MR) is 103 cm³/mol. The number of aromatic nitrogens is 2. The fourth-order valence-corrected chi connectivity index (χ4v) is 3.11. The maximum Gasteiger partial charge on any atom is 0.0949 e. The maximum absolute atomic E-state index is 6.05. The molecular formula is C19H19Cl2N3O. The summed E-state index contributed by atoms with van der Waals surface area (Å²) < 4.78 is 5.79. The van der Waals surface area contributed by atoms with Crippen molar-refractivity contribution in [3.63, 3.8) is 0 Å². The second kappa shape index (κ2) is 8.02. The van der Waals surface area contributed by atoms with Crippen LogP contribution in [-0.4, -0.2) is 29.9 Å². The Morgan fingerprint density at radius 3 is 2.60 bits per heavy atom. The molecule has 25 heavy (non-hydrogen) atoms. The molecule has 4 rings (SSSR count). The lowest BCUT2D eigenvalue weighted by atomic mass is 10.0. The van der Waals surface area contributed by atoms with Crippen LogP contribution in [0.5, 0.6) is 0 Å². The topological polar surface area (TPSA) is 49.9 Å². The van der Waals surface area contributed by atoms with Gasteiger partial charge in [0.25, 0.3) is 0 Å². The summed E-state index contributed by atoms with van der Waals surface area (Å²) in [5.74, 6) is 0. The van der Waals surface area contributed by atoms with Crippen LogP contribution in [0.4, 0.5) is 0 Å². The zero-order valence-corrected chi connectivity index (χ0v) is 15.1. The quantitative estimate of drug-likeness (QED) is 0.709. The minimum atomic E-state index is 0. The summed E-state index contributed by atoms with van der Waals surface area (Å²) in [6.45, 7) is 2.55. The van der Waals surface area contributed by atoms with Gasteiger partial charge in [-0.1, -0.05) is 48.0 Å². The Hall–Kier alpha value is -1.85. The third-order valence-corrected chi connectivity index (χ3v) is 4.45. The molecule has 1 aromatic heterocycles. The van der Waals surface area contributed by atoms with Gasteiger partial charge < -0.3 is 10.1 Å². The van der Waals surface area contributed by atoms with Crippen molar-refractivity contribution in [3.8, 4) is 22.5 Å². The van der Waals surface area contributed by atoms with Gasteiger partial charge in [0, 0.05) is 23.7 Å². The highest BCUT2D eigenvalue weighted by molar-refractivity contribution is 6.30. The monoisotopic (exact) mass is 375 g/mol. The molecule has 6 heteroatoms. The number of rotatable bonds is 3. The molecule has 130 valence electrons. The van der Waals surface area contributed by atoms with Gasteiger partial charge in [0.05, 0.1) is 24.1 Å². The van der Waals surface area contributed by atoms with Crippen LogP contribution in [0.1, 0.15) is 11.7 Å². The third kappa shape index (κ3) is 4.05. The van der Waals surface area contributed by atoms with Gasteiger partial charge in [-0.2, -0.15) is 5.10 Å². The molecule has 0 spiro atoms. The lowest BCUT2D eigenvalue weighted by molar-refractivity contribution is 0.0277. The second-order valence-corrected chi connectivity index (χ2v) is 6.30. The number of nitrogens with zero attached hydrogens (tertiary/aromatic N) is 1. The minimum Gasteiger partial charge on any atom is -0.371 e. The number of ether oxygens (including phenoxy) is 1. The van der Waals surface area contributed by atoms with Crippen LogP contribution in [0.15, 0.2) is 54.6 Å². The van der Waals surface area contributed by atoms with E-state index in [2.05, 4.69) is 39.8 Å². The average Bonchev–Trinajstić information content (AvgIpc) is 3.13. The molecule has 0 saturated carbocycles. The van der Waals surface area contributed by atoms with E-state index in [1.54, 1.807) is 0 Å². The molecule has 0 bridgehead atoms. The zero-order valence-electron chi connectivity index (χ0n) is 13.5. The summed E-state index contributed by atoms with van der Waals surface area (Å²) >= 11 is 6.05. The molecule has 0 aliphatic carbocycles. The van der Waals surface area contributed by atoms with E-state index in [0.717, 1.165) is 42.2 Å². The van der Waals surface area contributed by atoms with E-state index in [1.807, 2.05) is 30.3 Å². The number of aromatic amines is 1. The van der Waals surface area contributed by atoms with Crippen molar-refractivity contribution in [2.75, 3.05) is 19.7 Å². The Kier molecular flexibility index (Phi) is 5.76. The molecule has 2 heterocycles. The van der Waals surface area contributed by atoms with Gasteiger partial charge >= 0.3 is 0 Å². The van der Waals surface area contributed by atoms with Gasteiger partial charge in [-0.25, -0.2) is 0 Å². The Morgan fingerprint density at radius 2 is 1.88 bits per heavy atom. The van der Waals surface area contributed by atoms with Crippen LogP contribution < -0.4 is 5.32 Å². The first-order valence-corrected chi connectivity index (χ1v) is 8.41. The Labute approximate surface area is 158 Å². The van der Waals surface area contributed by atoms with Gasteiger partial charge in [0.1, 0.15) is 0 Å². The minimum absolute atomic E-state index is 0. The lowest BCUT2D eigenvalue weighted by Gasteiger charge is -2.24. The SMILES string of the molecule is Cl.Clc1cccc(-c2cc(-c3ccc([C@H]4CNCCO4)cc3)[nH]n2)c1. The van der Waals surface area contributed by atoms with Gasteiger partial charge in [-0.15, -0.1) is 12.4 Å². The van der Waals surface area contributed by atoms with Crippen molar-refractivity contribution in [1.29, 1.82) is 0 Å². The average molecular weight is 376 g/mol. The first kappa shape index (κ1) is 18.0. The highest BCUT2D eigenvalue weighted by Gasteiger charge is 2.15. The molecule has 1 aliphatic heterocycles. The van der Waals surface area contributed by atoms with E-state index in [-0.39, 0.29) is 18.5 Å². The summed E-state index contributed by atoms with van der Waals surface area (Å²) in [7, 11) is 0. The molecule has 3 aromatic rings.